The first-order chi connectivity index (χ1) is 6.29. The van der Waals surface area contributed by atoms with E-state index in [1.807, 2.05) is 0 Å². The summed E-state index contributed by atoms with van der Waals surface area (Å²) in [6.45, 7) is 6.41. The highest BCUT2D eigenvalue weighted by Crippen LogP contribution is 2.45. The van der Waals surface area contributed by atoms with Crippen molar-refractivity contribution in [2.24, 2.45) is 17.8 Å². The van der Waals surface area contributed by atoms with Gasteiger partial charge in [0.25, 0.3) is 0 Å². The first kappa shape index (κ1) is 9.30. The average Bonchev–Trinajstić information content (AvgIpc) is 2.17. The Morgan fingerprint density at radius 2 is 1.69 bits per heavy atom. The van der Waals surface area contributed by atoms with Crippen LogP contribution in [-0.4, -0.2) is 0 Å². The smallest absolute Gasteiger partial charge is 0.0178 e. The van der Waals surface area contributed by atoms with Crippen molar-refractivity contribution in [1.29, 1.82) is 0 Å². The van der Waals surface area contributed by atoms with Crippen LogP contribution in [0.15, 0.2) is 12.2 Å². The van der Waals surface area contributed by atoms with Gasteiger partial charge in [0.15, 0.2) is 0 Å². The van der Waals surface area contributed by atoms with Crippen molar-refractivity contribution in [2.75, 3.05) is 0 Å². The fraction of sp³-hybridized carbons (Fsp3) is 0.846. The Bertz CT molecular complexity index is 190. The molecule has 0 nitrogen and oxygen atoms in total. The maximum absolute atomic E-state index is 4.17. The van der Waals surface area contributed by atoms with Crippen LogP contribution in [-0.2, 0) is 0 Å². The molecule has 2 fully saturated rings. The van der Waals surface area contributed by atoms with E-state index in [-0.39, 0.29) is 0 Å². The van der Waals surface area contributed by atoms with Crippen LogP contribution in [0.3, 0.4) is 0 Å². The standard InChI is InChI=1S/C13H22/c1-10(2)12-9-5-7-11-6-3-4-8-13(11)12/h11-13H,1,3-9H2,2H3. The van der Waals surface area contributed by atoms with E-state index in [0.717, 1.165) is 17.8 Å². The molecule has 74 valence electrons. The molecule has 2 aliphatic carbocycles. The first-order valence-electron chi connectivity index (χ1n) is 5.94. The number of hydrogen-bond donors (Lipinski definition) is 0. The van der Waals surface area contributed by atoms with E-state index in [4.69, 9.17) is 0 Å². The van der Waals surface area contributed by atoms with Crippen molar-refractivity contribution >= 4 is 0 Å². The minimum atomic E-state index is 0.874. The van der Waals surface area contributed by atoms with Crippen LogP contribution >= 0.6 is 0 Å². The van der Waals surface area contributed by atoms with Gasteiger partial charge in [0.05, 0.1) is 0 Å². The van der Waals surface area contributed by atoms with Gasteiger partial charge in [-0.3, -0.25) is 0 Å². The van der Waals surface area contributed by atoms with Crippen LogP contribution in [0.5, 0.6) is 0 Å². The second-order valence-electron chi connectivity index (χ2n) is 5.09. The molecule has 0 aromatic heterocycles. The molecule has 0 aromatic rings. The highest BCUT2D eigenvalue weighted by molar-refractivity contribution is 5.02. The van der Waals surface area contributed by atoms with Crippen LogP contribution in [0, 0.1) is 17.8 Å². The molecule has 0 radical (unpaired) electrons. The molecule has 2 rings (SSSR count). The molecule has 3 unspecified atom stereocenters. The summed E-state index contributed by atoms with van der Waals surface area (Å²) in [6.07, 6.45) is 10.4. The topological polar surface area (TPSA) is 0 Å². The van der Waals surface area contributed by atoms with E-state index >= 15 is 0 Å². The molecular weight excluding hydrogens is 156 g/mol. The van der Waals surface area contributed by atoms with Gasteiger partial charge in [0, 0.05) is 0 Å². The van der Waals surface area contributed by atoms with Crippen LogP contribution < -0.4 is 0 Å². The molecule has 13 heavy (non-hydrogen) atoms. The van der Waals surface area contributed by atoms with Gasteiger partial charge in [0.1, 0.15) is 0 Å². The minimum absolute atomic E-state index is 0.874. The number of rotatable bonds is 1. The third-order valence-corrected chi connectivity index (χ3v) is 4.21. The molecule has 0 heteroatoms. The highest BCUT2D eigenvalue weighted by Gasteiger charge is 2.34. The fourth-order valence-electron chi connectivity index (χ4n) is 3.55. The Hall–Kier alpha value is -0.260. The number of hydrogen-bond acceptors (Lipinski definition) is 0. The lowest BCUT2D eigenvalue weighted by molar-refractivity contribution is 0.124. The van der Waals surface area contributed by atoms with E-state index in [0.29, 0.717) is 0 Å². The maximum Gasteiger partial charge on any atom is -0.0178 e. The molecule has 0 aliphatic heterocycles. The average molecular weight is 178 g/mol. The van der Waals surface area contributed by atoms with Gasteiger partial charge in [-0.05, 0) is 37.5 Å². The normalized spacial score (nSPS) is 39.6. The van der Waals surface area contributed by atoms with Gasteiger partial charge in [-0.25, -0.2) is 0 Å². The Morgan fingerprint density at radius 3 is 2.46 bits per heavy atom. The Kier molecular flexibility index (Phi) is 2.76. The van der Waals surface area contributed by atoms with E-state index in [1.165, 1.54) is 50.5 Å². The first-order valence-corrected chi connectivity index (χ1v) is 5.94. The molecule has 0 N–H and O–H groups in total. The van der Waals surface area contributed by atoms with Crippen LogP contribution in [0.4, 0.5) is 0 Å². The summed E-state index contributed by atoms with van der Waals surface area (Å²) < 4.78 is 0. The second kappa shape index (κ2) is 3.86. The molecule has 0 heterocycles. The van der Waals surface area contributed by atoms with Gasteiger partial charge in [-0.15, -0.1) is 0 Å². The highest BCUT2D eigenvalue weighted by atomic mass is 14.4. The van der Waals surface area contributed by atoms with Gasteiger partial charge in [-0.1, -0.05) is 44.3 Å². The van der Waals surface area contributed by atoms with Crippen LogP contribution in [0.25, 0.3) is 0 Å². The van der Waals surface area contributed by atoms with E-state index in [9.17, 15) is 0 Å². The van der Waals surface area contributed by atoms with Crippen LogP contribution in [0.2, 0.25) is 0 Å². The zero-order valence-electron chi connectivity index (χ0n) is 8.89. The quantitative estimate of drug-likeness (QED) is 0.529. The van der Waals surface area contributed by atoms with Gasteiger partial charge >= 0.3 is 0 Å². The van der Waals surface area contributed by atoms with Crippen LogP contribution in [0.1, 0.15) is 51.9 Å². The number of allylic oxidation sites excluding steroid dienone is 1. The summed E-state index contributed by atoms with van der Waals surface area (Å²) in [7, 11) is 0. The molecule has 0 bridgehead atoms. The number of fused-ring (bicyclic) bond motifs is 1. The summed E-state index contributed by atoms with van der Waals surface area (Å²) in [6, 6.07) is 0. The maximum atomic E-state index is 4.17. The molecule has 0 amide bonds. The van der Waals surface area contributed by atoms with Crippen molar-refractivity contribution in [2.45, 2.75) is 51.9 Å². The summed E-state index contributed by atoms with van der Waals surface area (Å²) in [4.78, 5) is 0. The summed E-state index contributed by atoms with van der Waals surface area (Å²) in [5.41, 5.74) is 1.46. The molecule has 0 spiro atoms. The van der Waals surface area contributed by atoms with E-state index in [2.05, 4.69) is 13.5 Å². The van der Waals surface area contributed by atoms with Crippen molar-refractivity contribution < 1.29 is 0 Å². The zero-order chi connectivity index (χ0) is 9.26. The molecule has 2 aliphatic rings. The summed E-state index contributed by atoms with van der Waals surface area (Å²) in [5, 5.41) is 0. The largest absolute Gasteiger partial charge is 0.0999 e. The molecule has 2 saturated carbocycles. The lowest BCUT2D eigenvalue weighted by Gasteiger charge is -2.41. The third kappa shape index (κ3) is 1.82. The third-order valence-electron chi connectivity index (χ3n) is 4.21. The Labute approximate surface area is 82.4 Å². The fourth-order valence-corrected chi connectivity index (χ4v) is 3.55. The minimum Gasteiger partial charge on any atom is -0.0999 e. The van der Waals surface area contributed by atoms with Crippen molar-refractivity contribution in [3.63, 3.8) is 0 Å². The zero-order valence-corrected chi connectivity index (χ0v) is 8.89. The lowest BCUT2D eigenvalue weighted by Crippen LogP contribution is -2.31. The summed E-state index contributed by atoms with van der Waals surface area (Å²) >= 11 is 0. The van der Waals surface area contributed by atoms with Crippen molar-refractivity contribution in [3.05, 3.63) is 12.2 Å². The predicted octanol–water partition coefficient (Wildman–Crippen LogP) is 4.17. The Morgan fingerprint density at radius 1 is 1.00 bits per heavy atom. The molecule has 0 saturated heterocycles. The van der Waals surface area contributed by atoms with Crippen molar-refractivity contribution in [3.8, 4) is 0 Å². The summed E-state index contributed by atoms with van der Waals surface area (Å²) in [5.74, 6) is 2.95. The van der Waals surface area contributed by atoms with Gasteiger partial charge < -0.3 is 0 Å². The van der Waals surface area contributed by atoms with E-state index < -0.39 is 0 Å². The Balaban J connectivity index is 2.06. The van der Waals surface area contributed by atoms with Gasteiger partial charge in [0.2, 0.25) is 0 Å². The van der Waals surface area contributed by atoms with Gasteiger partial charge in [-0.2, -0.15) is 0 Å². The molecule has 3 atom stereocenters. The second-order valence-corrected chi connectivity index (χ2v) is 5.09. The SMILES string of the molecule is C=C(C)C1CCCC2CCCCC21. The molecule has 0 aromatic carbocycles. The predicted molar refractivity (Wildman–Crippen MR) is 57.6 cm³/mol. The van der Waals surface area contributed by atoms with Crippen molar-refractivity contribution in [1.82, 2.24) is 0 Å². The molecular formula is C13H22. The van der Waals surface area contributed by atoms with E-state index in [1.54, 1.807) is 0 Å². The monoisotopic (exact) mass is 178 g/mol. The lowest BCUT2D eigenvalue weighted by atomic mass is 9.64.